The molecule has 2 saturated heterocycles. The predicted octanol–water partition coefficient (Wildman–Crippen LogP) is 2.41. The topological polar surface area (TPSA) is 95.5 Å². The molecule has 2 aromatic rings. The number of nitrogens with one attached hydrogen (secondary N) is 2. The summed E-state index contributed by atoms with van der Waals surface area (Å²) in [5, 5.41) is 7.57. The molecule has 2 aliphatic heterocycles. The minimum atomic E-state index is -0.0324. The van der Waals surface area contributed by atoms with Gasteiger partial charge in [0.25, 0.3) is 0 Å². The second-order valence-corrected chi connectivity index (χ2v) is 9.06. The normalized spacial score (nSPS) is 19.8. The van der Waals surface area contributed by atoms with Crippen molar-refractivity contribution in [3.63, 3.8) is 0 Å². The summed E-state index contributed by atoms with van der Waals surface area (Å²) in [6.45, 7) is 11.0. The van der Waals surface area contributed by atoms with Gasteiger partial charge in [0.15, 0.2) is 5.13 Å². The van der Waals surface area contributed by atoms with Gasteiger partial charge in [0.1, 0.15) is 5.82 Å². The number of carbonyl (C=O) groups is 1. The highest BCUT2D eigenvalue weighted by molar-refractivity contribution is 7.15. The van der Waals surface area contributed by atoms with Crippen molar-refractivity contribution in [1.82, 2.24) is 24.8 Å². The molecule has 0 saturated carbocycles. The van der Waals surface area contributed by atoms with Crippen LogP contribution in [0.4, 0.5) is 16.9 Å². The number of anilines is 3. The predicted molar refractivity (Wildman–Crippen MR) is 122 cm³/mol. The molecule has 4 heterocycles. The third-order valence-electron chi connectivity index (χ3n) is 5.37. The maximum atomic E-state index is 12.0. The summed E-state index contributed by atoms with van der Waals surface area (Å²) in [5.41, 5.74) is 0.935. The Morgan fingerprint density at radius 3 is 2.94 bits per heavy atom. The first-order valence-corrected chi connectivity index (χ1v) is 11.5. The van der Waals surface area contributed by atoms with Crippen LogP contribution in [-0.2, 0) is 16.1 Å². The summed E-state index contributed by atoms with van der Waals surface area (Å²) in [6.07, 6.45) is 5.12. The molecule has 1 amide bonds. The Kier molecular flexibility index (Phi) is 7.10. The number of amides is 1. The van der Waals surface area contributed by atoms with Crippen LogP contribution in [-0.4, -0.2) is 76.1 Å². The van der Waals surface area contributed by atoms with E-state index in [0.29, 0.717) is 18.3 Å². The van der Waals surface area contributed by atoms with Crippen LogP contribution < -0.4 is 10.6 Å². The summed E-state index contributed by atoms with van der Waals surface area (Å²) in [4.78, 5) is 31.1. The van der Waals surface area contributed by atoms with Crippen molar-refractivity contribution in [2.24, 2.45) is 0 Å². The number of nitrogens with zero attached hydrogens (tertiary/aromatic N) is 5. The van der Waals surface area contributed by atoms with Crippen molar-refractivity contribution in [3.8, 4) is 0 Å². The number of aryl methyl sites for hydroxylation is 1. The fourth-order valence-corrected chi connectivity index (χ4v) is 4.50. The molecular weight excluding hydrogens is 414 g/mol. The Hall–Kier alpha value is -2.56. The SMILES string of the molecule is C=CC(=O)N1CCCC(Nc2nc(CN3CCOCC3)cc(Nc3ncc(C)s3)n2)C1. The van der Waals surface area contributed by atoms with Crippen LogP contribution in [0.25, 0.3) is 0 Å². The van der Waals surface area contributed by atoms with Gasteiger partial charge in [-0.1, -0.05) is 6.58 Å². The molecule has 31 heavy (non-hydrogen) atoms. The average molecular weight is 444 g/mol. The average Bonchev–Trinajstić information content (AvgIpc) is 3.18. The van der Waals surface area contributed by atoms with Crippen LogP contribution in [0.1, 0.15) is 23.4 Å². The maximum Gasteiger partial charge on any atom is 0.246 e. The zero-order valence-corrected chi connectivity index (χ0v) is 18.7. The standard InChI is InChI=1S/C21H29N7O2S/c1-3-19(29)28-6-4-5-16(14-28)23-20-24-17(13-27-7-9-30-10-8-27)11-18(25-20)26-21-22-12-15(2)31-21/h3,11-12,16H,1,4-10,13-14H2,2H3,(H2,22,23,24,25,26). The van der Waals surface area contributed by atoms with Crippen LogP contribution in [0.3, 0.4) is 0 Å². The van der Waals surface area contributed by atoms with E-state index in [2.05, 4.69) is 32.1 Å². The van der Waals surface area contributed by atoms with Gasteiger partial charge < -0.3 is 20.3 Å². The molecule has 2 aliphatic rings. The Bertz CT molecular complexity index is 913. The second kappa shape index (κ2) is 10.2. The summed E-state index contributed by atoms with van der Waals surface area (Å²) in [6, 6.07) is 2.08. The molecule has 0 aliphatic carbocycles. The molecule has 0 radical (unpaired) electrons. The quantitative estimate of drug-likeness (QED) is 0.630. The van der Waals surface area contributed by atoms with Crippen molar-refractivity contribution >= 4 is 34.1 Å². The van der Waals surface area contributed by atoms with E-state index in [9.17, 15) is 4.79 Å². The molecule has 1 unspecified atom stereocenters. The molecule has 2 aromatic heterocycles. The van der Waals surface area contributed by atoms with E-state index in [4.69, 9.17) is 9.72 Å². The highest BCUT2D eigenvalue weighted by atomic mass is 32.1. The number of piperidine rings is 1. The first kappa shape index (κ1) is 21.7. The number of hydrogen-bond donors (Lipinski definition) is 2. The Morgan fingerprint density at radius 1 is 1.35 bits per heavy atom. The monoisotopic (exact) mass is 443 g/mol. The van der Waals surface area contributed by atoms with E-state index >= 15 is 0 Å². The smallest absolute Gasteiger partial charge is 0.246 e. The number of morpholine rings is 1. The molecule has 0 spiro atoms. The largest absolute Gasteiger partial charge is 0.379 e. The van der Waals surface area contributed by atoms with Crippen molar-refractivity contribution < 1.29 is 9.53 Å². The summed E-state index contributed by atoms with van der Waals surface area (Å²) >= 11 is 1.59. The van der Waals surface area contributed by atoms with Crippen molar-refractivity contribution in [2.45, 2.75) is 32.4 Å². The summed E-state index contributed by atoms with van der Waals surface area (Å²) < 4.78 is 5.46. The van der Waals surface area contributed by atoms with E-state index in [1.165, 1.54) is 6.08 Å². The number of thiazole rings is 1. The zero-order valence-electron chi connectivity index (χ0n) is 17.8. The lowest BCUT2D eigenvalue weighted by Gasteiger charge is -2.32. The van der Waals surface area contributed by atoms with Gasteiger partial charge in [-0.2, -0.15) is 4.98 Å². The zero-order chi connectivity index (χ0) is 21.6. The first-order chi connectivity index (χ1) is 15.1. The Balaban J connectivity index is 1.51. The summed E-state index contributed by atoms with van der Waals surface area (Å²) in [5.74, 6) is 1.25. The van der Waals surface area contributed by atoms with Crippen molar-refractivity contribution in [2.75, 3.05) is 50.0 Å². The molecule has 166 valence electrons. The molecule has 0 bridgehead atoms. The third-order valence-corrected chi connectivity index (χ3v) is 6.19. The highest BCUT2D eigenvalue weighted by Gasteiger charge is 2.23. The van der Waals surface area contributed by atoms with Crippen LogP contribution >= 0.6 is 11.3 Å². The fraction of sp³-hybridized carbons (Fsp3) is 0.524. The van der Waals surface area contributed by atoms with Crippen LogP contribution in [0.5, 0.6) is 0 Å². The fourth-order valence-electron chi connectivity index (χ4n) is 3.82. The van der Waals surface area contributed by atoms with Gasteiger partial charge in [-0.3, -0.25) is 9.69 Å². The molecule has 9 nitrogen and oxygen atoms in total. The van der Waals surface area contributed by atoms with Crippen molar-refractivity contribution in [3.05, 3.63) is 35.5 Å². The second-order valence-electron chi connectivity index (χ2n) is 7.83. The summed E-state index contributed by atoms with van der Waals surface area (Å²) in [7, 11) is 0. The van der Waals surface area contributed by atoms with Crippen LogP contribution in [0, 0.1) is 6.92 Å². The number of hydrogen-bond acceptors (Lipinski definition) is 9. The van der Waals surface area contributed by atoms with Gasteiger partial charge in [-0.15, -0.1) is 11.3 Å². The molecule has 2 N–H and O–H groups in total. The highest BCUT2D eigenvalue weighted by Crippen LogP contribution is 2.23. The Morgan fingerprint density at radius 2 is 2.19 bits per heavy atom. The van der Waals surface area contributed by atoms with Gasteiger partial charge in [0, 0.05) is 55.9 Å². The minimum absolute atomic E-state index is 0.0324. The number of likely N-dealkylation sites (tertiary alicyclic amines) is 1. The lowest BCUT2D eigenvalue weighted by atomic mass is 10.1. The lowest BCUT2D eigenvalue weighted by molar-refractivity contribution is -0.127. The van der Waals surface area contributed by atoms with E-state index in [1.54, 1.807) is 11.3 Å². The van der Waals surface area contributed by atoms with Gasteiger partial charge in [0.2, 0.25) is 11.9 Å². The maximum absolute atomic E-state index is 12.0. The molecule has 4 rings (SSSR count). The molecular formula is C21H29N7O2S. The number of carbonyl (C=O) groups excluding carboxylic acids is 1. The number of ether oxygens (including phenoxy) is 1. The van der Waals surface area contributed by atoms with Crippen molar-refractivity contribution in [1.29, 1.82) is 0 Å². The van der Waals surface area contributed by atoms with Crippen LogP contribution in [0.2, 0.25) is 0 Å². The van der Waals surface area contributed by atoms with Crippen LogP contribution in [0.15, 0.2) is 24.9 Å². The lowest BCUT2D eigenvalue weighted by Crippen LogP contribution is -2.44. The molecule has 0 aromatic carbocycles. The first-order valence-electron chi connectivity index (χ1n) is 10.6. The van der Waals surface area contributed by atoms with E-state index in [0.717, 1.165) is 67.9 Å². The van der Waals surface area contributed by atoms with Gasteiger partial charge in [-0.25, -0.2) is 9.97 Å². The minimum Gasteiger partial charge on any atom is -0.379 e. The van der Waals surface area contributed by atoms with E-state index < -0.39 is 0 Å². The number of aromatic nitrogens is 3. The van der Waals surface area contributed by atoms with E-state index in [1.807, 2.05) is 24.1 Å². The molecule has 2 fully saturated rings. The molecule has 1 atom stereocenters. The van der Waals surface area contributed by atoms with Gasteiger partial charge >= 0.3 is 0 Å². The van der Waals surface area contributed by atoms with Gasteiger partial charge in [0.05, 0.1) is 18.9 Å². The third kappa shape index (κ3) is 5.99. The van der Waals surface area contributed by atoms with Gasteiger partial charge in [-0.05, 0) is 25.8 Å². The number of rotatable bonds is 7. The van der Waals surface area contributed by atoms with E-state index in [-0.39, 0.29) is 11.9 Å². The Labute approximate surface area is 186 Å². The molecule has 10 heteroatoms.